The third kappa shape index (κ3) is 3.85. The molecule has 0 aliphatic heterocycles. The largest absolute Gasteiger partial charge is 0.389 e. The SMILES string of the molecule is CCCCC(=O)OC(=O)c1cccc(C)c1. The fraction of sp³-hybridized carbons (Fsp3) is 0.385. The van der Waals surface area contributed by atoms with Crippen molar-refractivity contribution in [2.45, 2.75) is 33.1 Å². The smallest absolute Gasteiger partial charge is 0.345 e. The van der Waals surface area contributed by atoms with Gasteiger partial charge in [0.1, 0.15) is 0 Å². The van der Waals surface area contributed by atoms with E-state index in [2.05, 4.69) is 0 Å². The summed E-state index contributed by atoms with van der Waals surface area (Å²) in [6, 6.07) is 7.00. The van der Waals surface area contributed by atoms with Crippen LogP contribution >= 0.6 is 0 Å². The van der Waals surface area contributed by atoms with Crippen molar-refractivity contribution in [3.05, 3.63) is 35.4 Å². The van der Waals surface area contributed by atoms with Crippen LogP contribution in [0.4, 0.5) is 0 Å². The Labute approximate surface area is 95.4 Å². The van der Waals surface area contributed by atoms with Crippen molar-refractivity contribution >= 4 is 11.9 Å². The number of carbonyl (C=O) groups excluding carboxylic acids is 2. The molecule has 0 fully saturated rings. The number of esters is 2. The van der Waals surface area contributed by atoms with Gasteiger partial charge in [-0.1, -0.05) is 31.0 Å². The topological polar surface area (TPSA) is 43.4 Å². The maximum atomic E-state index is 11.5. The van der Waals surface area contributed by atoms with Gasteiger partial charge < -0.3 is 4.74 Å². The van der Waals surface area contributed by atoms with Crippen LogP contribution in [0, 0.1) is 6.92 Å². The monoisotopic (exact) mass is 220 g/mol. The van der Waals surface area contributed by atoms with Gasteiger partial charge in [-0.15, -0.1) is 0 Å². The molecular weight excluding hydrogens is 204 g/mol. The second kappa shape index (κ2) is 6.05. The molecule has 0 aliphatic rings. The standard InChI is InChI=1S/C13H16O3/c1-3-4-8-12(14)16-13(15)11-7-5-6-10(2)9-11/h5-7,9H,3-4,8H2,1-2H3. The highest BCUT2D eigenvalue weighted by atomic mass is 16.6. The van der Waals surface area contributed by atoms with E-state index < -0.39 is 11.9 Å². The highest BCUT2D eigenvalue weighted by molar-refractivity contribution is 5.96. The Morgan fingerprint density at radius 1 is 1.31 bits per heavy atom. The van der Waals surface area contributed by atoms with Crippen molar-refractivity contribution in [2.24, 2.45) is 0 Å². The van der Waals surface area contributed by atoms with E-state index in [9.17, 15) is 9.59 Å². The molecule has 16 heavy (non-hydrogen) atoms. The van der Waals surface area contributed by atoms with Gasteiger partial charge in [0.05, 0.1) is 5.56 Å². The van der Waals surface area contributed by atoms with E-state index in [1.807, 2.05) is 19.9 Å². The summed E-state index contributed by atoms with van der Waals surface area (Å²) in [6.07, 6.45) is 1.96. The molecule has 0 aromatic heterocycles. The van der Waals surface area contributed by atoms with Gasteiger partial charge in [0.15, 0.2) is 0 Å². The third-order valence-corrected chi connectivity index (χ3v) is 2.19. The van der Waals surface area contributed by atoms with E-state index in [1.54, 1.807) is 18.2 Å². The summed E-state index contributed by atoms with van der Waals surface area (Å²) in [5.41, 5.74) is 1.39. The van der Waals surface area contributed by atoms with Crippen molar-refractivity contribution in [2.75, 3.05) is 0 Å². The van der Waals surface area contributed by atoms with Gasteiger partial charge in [0, 0.05) is 6.42 Å². The Bertz CT molecular complexity index is 383. The molecule has 0 amide bonds. The first-order chi connectivity index (χ1) is 7.63. The number of benzene rings is 1. The Balaban J connectivity index is 2.55. The number of rotatable bonds is 4. The van der Waals surface area contributed by atoms with Crippen LogP contribution in [0.15, 0.2) is 24.3 Å². The van der Waals surface area contributed by atoms with Crippen LogP contribution in [0.25, 0.3) is 0 Å². The van der Waals surface area contributed by atoms with Crippen molar-refractivity contribution in [1.82, 2.24) is 0 Å². The zero-order valence-electron chi connectivity index (χ0n) is 9.66. The van der Waals surface area contributed by atoms with Crippen LogP contribution in [0.1, 0.15) is 42.1 Å². The molecule has 0 N–H and O–H groups in total. The lowest BCUT2D eigenvalue weighted by atomic mass is 10.1. The van der Waals surface area contributed by atoms with Crippen LogP contribution in [0.2, 0.25) is 0 Å². The second-order valence-electron chi connectivity index (χ2n) is 3.73. The fourth-order valence-electron chi connectivity index (χ4n) is 1.31. The molecular formula is C13H16O3. The molecule has 0 aliphatic carbocycles. The van der Waals surface area contributed by atoms with Crippen molar-refractivity contribution in [1.29, 1.82) is 0 Å². The van der Waals surface area contributed by atoms with E-state index in [0.29, 0.717) is 12.0 Å². The molecule has 3 nitrogen and oxygen atoms in total. The van der Waals surface area contributed by atoms with E-state index in [0.717, 1.165) is 18.4 Å². The quantitative estimate of drug-likeness (QED) is 0.579. The fourth-order valence-corrected chi connectivity index (χ4v) is 1.31. The van der Waals surface area contributed by atoms with Gasteiger partial charge in [0.2, 0.25) is 0 Å². The number of carbonyl (C=O) groups is 2. The van der Waals surface area contributed by atoms with Crippen LogP contribution < -0.4 is 0 Å². The molecule has 0 unspecified atom stereocenters. The average molecular weight is 220 g/mol. The molecule has 0 heterocycles. The lowest BCUT2D eigenvalue weighted by molar-refractivity contribution is -0.138. The summed E-state index contributed by atoms with van der Waals surface area (Å²) in [7, 11) is 0. The van der Waals surface area contributed by atoms with E-state index in [1.165, 1.54) is 0 Å². The molecule has 3 heteroatoms. The summed E-state index contributed by atoms with van der Waals surface area (Å²) in [4.78, 5) is 22.8. The molecule has 1 aromatic rings. The summed E-state index contributed by atoms with van der Waals surface area (Å²) in [5.74, 6) is -1.02. The first-order valence-corrected chi connectivity index (χ1v) is 5.45. The first kappa shape index (κ1) is 12.4. The van der Waals surface area contributed by atoms with Gasteiger partial charge >= 0.3 is 11.9 Å². The van der Waals surface area contributed by atoms with Crippen molar-refractivity contribution in [3.8, 4) is 0 Å². The number of unbranched alkanes of at least 4 members (excludes halogenated alkanes) is 1. The Kier molecular flexibility index (Phi) is 4.70. The molecule has 0 saturated heterocycles. The predicted molar refractivity (Wildman–Crippen MR) is 61.1 cm³/mol. The molecule has 0 atom stereocenters. The highest BCUT2D eigenvalue weighted by Gasteiger charge is 2.12. The molecule has 0 bridgehead atoms. The number of aryl methyl sites for hydroxylation is 1. The van der Waals surface area contributed by atoms with E-state index in [-0.39, 0.29) is 0 Å². The van der Waals surface area contributed by atoms with Gasteiger partial charge in [-0.05, 0) is 25.5 Å². The molecule has 1 rings (SSSR count). The van der Waals surface area contributed by atoms with Crippen LogP contribution in [0.3, 0.4) is 0 Å². The number of hydrogen-bond donors (Lipinski definition) is 0. The molecule has 86 valence electrons. The molecule has 0 saturated carbocycles. The summed E-state index contributed by atoms with van der Waals surface area (Å²) >= 11 is 0. The van der Waals surface area contributed by atoms with Gasteiger partial charge in [-0.25, -0.2) is 4.79 Å². The maximum Gasteiger partial charge on any atom is 0.345 e. The minimum Gasteiger partial charge on any atom is -0.389 e. The van der Waals surface area contributed by atoms with Crippen molar-refractivity contribution in [3.63, 3.8) is 0 Å². The lowest BCUT2D eigenvalue weighted by Gasteiger charge is -2.03. The van der Waals surface area contributed by atoms with Crippen LogP contribution in [0.5, 0.6) is 0 Å². The number of hydrogen-bond acceptors (Lipinski definition) is 3. The van der Waals surface area contributed by atoms with E-state index >= 15 is 0 Å². The first-order valence-electron chi connectivity index (χ1n) is 5.45. The molecule has 1 aromatic carbocycles. The Morgan fingerprint density at radius 3 is 2.69 bits per heavy atom. The lowest BCUT2D eigenvalue weighted by Crippen LogP contribution is -2.12. The molecule has 0 spiro atoms. The summed E-state index contributed by atoms with van der Waals surface area (Å²) < 4.78 is 4.72. The number of ether oxygens (including phenoxy) is 1. The summed E-state index contributed by atoms with van der Waals surface area (Å²) in [6.45, 7) is 3.87. The Hall–Kier alpha value is -1.64. The average Bonchev–Trinajstić information content (AvgIpc) is 2.26. The normalized spacial score (nSPS) is 9.88. The highest BCUT2D eigenvalue weighted by Crippen LogP contribution is 2.07. The van der Waals surface area contributed by atoms with Crippen LogP contribution in [-0.2, 0) is 9.53 Å². The second-order valence-corrected chi connectivity index (χ2v) is 3.73. The zero-order valence-corrected chi connectivity index (χ0v) is 9.66. The minimum absolute atomic E-state index is 0.300. The van der Waals surface area contributed by atoms with E-state index in [4.69, 9.17) is 4.74 Å². The summed E-state index contributed by atoms with van der Waals surface area (Å²) in [5, 5.41) is 0. The third-order valence-electron chi connectivity index (χ3n) is 2.19. The van der Waals surface area contributed by atoms with Gasteiger partial charge in [-0.3, -0.25) is 4.79 Å². The predicted octanol–water partition coefficient (Wildman–Crippen LogP) is 2.87. The maximum absolute atomic E-state index is 11.5. The van der Waals surface area contributed by atoms with Crippen molar-refractivity contribution < 1.29 is 14.3 Å². The zero-order chi connectivity index (χ0) is 12.0. The minimum atomic E-state index is -0.565. The van der Waals surface area contributed by atoms with Crippen LogP contribution in [-0.4, -0.2) is 11.9 Å². The molecule has 0 radical (unpaired) electrons. The van der Waals surface area contributed by atoms with Gasteiger partial charge in [0.25, 0.3) is 0 Å². The van der Waals surface area contributed by atoms with Gasteiger partial charge in [-0.2, -0.15) is 0 Å². The Morgan fingerprint density at radius 2 is 2.06 bits per heavy atom.